The first-order chi connectivity index (χ1) is 8.75. The number of alkyl halides is 3. The summed E-state index contributed by atoms with van der Waals surface area (Å²) in [4.78, 5) is 22.6. The molecule has 1 amide bonds. The van der Waals surface area contributed by atoms with Crippen LogP contribution in [-0.4, -0.2) is 17.0 Å². The van der Waals surface area contributed by atoms with Gasteiger partial charge in [0, 0.05) is 5.69 Å². The molecule has 1 aliphatic carbocycles. The number of carbonyl (C=O) groups excluding carboxylic acids is 1. The zero-order chi connectivity index (χ0) is 14.3. The second kappa shape index (κ2) is 4.25. The largest absolute Gasteiger partial charge is 0.480 e. The van der Waals surface area contributed by atoms with Gasteiger partial charge in [0.05, 0.1) is 5.56 Å². The molecular formula is C12H10F3NO3. The molecule has 0 radical (unpaired) electrons. The molecule has 7 heteroatoms. The van der Waals surface area contributed by atoms with Crippen LogP contribution in [0.5, 0.6) is 0 Å². The van der Waals surface area contributed by atoms with E-state index in [1.807, 2.05) is 0 Å². The van der Waals surface area contributed by atoms with Crippen molar-refractivity contribution in [3.05, 3.63) is 29.8 Å². The van der Waals surface area contributed by atoms with Gasteiger partial charge in [-0.25, -0.2) is 0 Å². The average Bonchev–Trinajstić information content (AvgIpc) is 3.09. The molecule has 4 nitrogen and oxygen atoms in total. The van der Waals surface area contributed by atoms with Crippen LogP contribution in [0.4, 0.5) is 18.9 Å². The molecule has 0 saturated heterocycles. The van der Waals surface area contributed by atoms with E-state index in [2.05, 4.69) is 5.32 Å². The average molecular weight is 273 g/mol. The fourth-order valence-corrected chi connectivity index (χ4v) is 1.69. The topological polar surface area (TPSA) is 66.4 Å². The molecule has 1 aromatic carbocycles. The Hall–Kier alpha value is -2.05. The minimum absolute atomic E-state index is 0.0626. The predicted octanol–water partition coefficient (Wildman–Crippen LogP) is 2.51. The Morgan fingerprint density at radius 1 is 1.26 bits per heavy atom. The summed E-state index contributed by atoms with van der Waals surface area (Å²) in [6, 6.07) is 4.08. The van der Waals surface area contributed by atoms with E-state index >= 15 is 0 Å². The predicted molar refractivity (Wildman–Crippen MR) is 59.4 cm³/mol. The van der Waals surface area contributed by atoms with Gasteiger partial charge in [0.2, 0.25) is 5.91 Å². The van der Waals surface area contributed by atoms with E-state index in [0.717, 1.165) is 18.2 Å². The molecule has 0 unspecified atom stereocenters. The van der Waals surface area contributed by atoms with Crippen LogP contribution in [0.15, 0.2) is 24.3 Å². The number of nitrogens with one attached hydrogen (secondary N) is 1. The molecule has 1 saturated carbocycles. The van der Waals surface area contributed by atoms with Gasteiger partial charge in [-0.1, -0.05) is 6.07 Å². The summed E-state index contributed by atoms with van der Waals surface area (Å²) in [5.41, 5.74) is -2.44. The van der Waals surface area contributed by atoms with Crippen molar-refractivity contribution in [2.24, 2.45) is 5.41 Å². The van der Waals surface area contributed by atoms with Gasteiger partial charge >= 0.3 is 12.1 Å². The van der Waals surface area contributed by atoms with Crippen LogP contribution in [-0.2, 0) is 15.8 Å². The highest BCUT2D eigenvalue weighted by molar-refractivity contribution is 6.10. The number of carboxylic acids is 1. The summed E-state index contributed by atoms with van der Waals surface area (Å²) in [6.45, 7) is 0. The smallest absolute Gasteiger partial charge is 0.416 e. The summed E-state index contributed by atoms with van der Waals surface area (Å²) in [6.07, 6.45) is -4.11. The number of anilines is 1. The first-order valence-corrected chi connectivity index (χ1v) is 5.48. The van der Waals surface area contributed by atoms with Crippen molar-refractivity contribution in [3.63, 3.8) is 0 Å². The van der Waals surface area contributed by atoms with E-state index in [4.69, 9.17) is 5.11 Å². The van der Waals surface area contributed by atoms with Gasteiger partial charge in [-0.3, -0.25) is 9.59 Å². The Morgan fingerprint density at radius 3 is 2.37 bits per heavy atom. The standard InChI is InChI=1S/C12H10F3NO3/c13-12(14,15)7-2-1-3-8(6-7)16-9(17)11(4-5-11)10(18)19/h1-3,6H,4-5H2,(H,16,17)(H,18,19). The third-order valence-electron chi connectivity index (χ3n) is 3.04. The van der Waals surface area contributed by atoms with Crippen LogP contribution in [0.2, 0.25) is 0 Å². The van der Waals surface area contributed by atoms with Crippen molar-refractivity contribution in [2.45, 2.75) is 19.0 Å². The van der Waals surface area contributed by atoms with Crippen LogP contribution < -0.4 is 5.32 Å². The Bertz CT molecular complexity index is 535. The van der Waals surface area contributed by atoms with Gasteiger partial charge in [0.15, 0.2) is 0 Å². The number of amides is 1. The Morgan fingerprint density at radius 2 is 1.89 bits per heavy atom. The normalized spacial score (nSPS) is 16.8. The molecule has 1 fully saturated rings. The van der Waals surface area contributed by atoms with Crippen LogP contribution in [0.1, 0.15) is 18.4 Å². The molecule has 2 N–H and O–H groups in total. The quantitative estimate of drug-likeness (QED) is 0.831. The molecule has 0 atom stereocenters. The van der Waals surface area contributed by atoms with E-state index < -0.39 is 29.0 Å². The van der Waals surface area contributed by atoms with E-state index in [1.165, 1.54) is 6.07 Å². The monoisotopic (exact) mass is 273 g/mol. The molecular weight excluding hydrogens is 263 g/mol. The van der Waals surface area contributed by atoms with Gasteiger partial charge in [0.25, 0.3) is 0 Å². The molecule has 0 aliphatic heterocycles. The SMILES string of the molecule is O=C(O)C1(C(=O)Nc2cccc(C(F)(F)F)c2)CC1. The van der Waals surface area contributed by atoms with Crippen LogP contribution >= 0.6 is 0 Å². The van der Waals surface area contributed by atoms with Gasteiger partial charge in [-0.2, -0.15) is 13.2 Å². The van der Waals surface area contributed by atoms with Crippen LogP contribution in [0.3, 0.4) is 0 Å². The molecule has 19 heavy (non-hydrogen) atoms. The lowest BCUT2D eigenvalue weighted by molar-refractivity contribution is -0.147. The molecule has 0 spiro atoms. The Kier molecular flexibility index (Phi) is 3.00. The molecule has 1 aliphatic rings. The number of rotatable bonds is 3. The lowest BCUT2D eigenvalue weighted by atomic mass is 10.1. The molecule has 0 bridgehead atoms. The van der Waals surface area contributed by atoms with E-state index in [9.17, 15) is 22.8 Å². The maximum absolute atomic E-state index is 12.5. The number of benzene rings is 1. The third kappa shape index (κ3) is 2.54. The van der Waals surface area contributed by atoms with Gasteiger partial charge < -0.3 is 10.4 Å². The highest BCUT2D eigenvalue weighted by atomic mass is 19.4. The van der Waals surface area contributed by atoms with Crippen molar-refractivity contribution in [3.8, 4) is 0 Å². The lowest BCUT2D eigenvalue weighted by Crippen LogP contribution is -2.31. The van der Waals surface area contributed by atoms with Crippen LogP contribution in [0, 0.1) is 5.41 Å². The molecule has 2 rings (SSSR count). The number of aliphatic carboxylic acids is 1. The second-order valence-electron chi connectivity index (χ2n) is 4.42. The van der Waals surface area contributed by atoms with E-state index in [-0.39, 0.29) is 18.5 Å². The minimum atomic E-state index is -4.51. The lowest BCUT2D eigenvalue weighted by Gasteiger charge is -2.12. The highest BCUT2D eigenvalue weighted by Gasteiger charge is 2.57. The van der Waals surface area contributed by atoms with Gasteiger partial charge in [-0.15, -0.1) is 0 Å². The van der Waals surface area contributed by atoms with Gasteiger partial charge in [-0.05, 0) is 31.0 Å². The highest BCUT2D eigenvalue weighted by Crippen LogP contribution is 2.46. The zero-order valence-corrected chi connectivity index (χ0v) is 9.62. The van der Waals surface area contributed by atoms with Crippen LogP contribution in [0.25, 0.3) is 0 Å². The van der Waals surface area contributed by atoms with Crippen molar-refractivity contribution >= 4 is 17.6 Å². The summed E-state index contributed by atoms with van der Waals surface area (Å²) in [7, 11) is 0. The third-order valence-corrected chi connectivity index (χ3v) is 3.04. The summed E-state index contributed by atoms with van der Waals surface area (Å²) < 4.78 is 37.4. The second-order valence-corrected chi connectivity index (χ2v) is 4.42. The maximum atomic E-state index is 12.5. The summed E-state index contributed by atoms with van der Waals surface area (Å²) >= 11 is 0. The zero-order valence-electron chi connectivity index (χ0n) is 9.62. The number of hydrogen-bond acceptors (Lipinski definition) is 2. The van der Waals surface area contributed by atoms with E-state index in [1.54, 1.807) is 0 Å². The number of carbonyl (C=O) groups is 2. The Balaban J connectivity index is 2.17. The molecule has 0 heterocycles. The van der Waals surface area contributed by atoms with Crippen molar-refractivity contribution in [1.29, 1.82) is 0 Å². The summed E-state index contributed by atoms with van der Waals surface area (Å²) in [5.74, 6) is -2.03. The van der Waals surface area contributed by atoms with Crippen molar-refractivity contribution in [2.75, 3.05) is 5.32 Å². The first kappa shape index (κ1) is 13.4. The first-order valence-electron chi connectivity index (χ1n) is 5.48. The summed E-state index contributed by atoms with van der Waals surface area (Å²) in [5, 5.41) is 11.1. The molecule has 1 aromatic rings. The van der Waals surface area contributed by atoms with Gasteiger partial charge in [0.1, 0.15) is 5.41 Å². The molecule has 102 valence electrons. The number of carboxylic acid groups (broad SMARTS) is 1. The van der Waals surface area contributed by atoms with Crippen molar-refractivity contribution in [1.82, 2.24) is 0 Å². The number of halogens is 3. The minimum Gasteiger partial charge on any atom is -0.480 e. The molecule has 0 aromatic heterocycles. The Labute approximate surface area is 106 Å². The van der Waals surface area contributed by atoms with Crippen molar-refractivity contribution < 1.29 is 27.9 Å². The van der Waals surface area contributed by atoms with E-state index in [0.29, 0.717) is 0 Å². The fourth-order valence-electron chi connectivity index (χ4n) is 1.69. The maximum Gasteiger partial charge on any atom is 0.416 e. The fraction of sp³-hybridized carbons (Fsp3) is 0.333. The number of hydrogen-bond donors (Lipinski definition) is 2.